The molecule has 1 saturated heterocycles. The summed E-state index contributed by atoms with van der Waals surface area (Å²) in [7, 11) is -4.07. The second-order valence-electron chi connectivity index (χ2n) is 4.77. The lowest BCUT2D eigenvalue weighted by Gasteiger charge is -2.16. The summed E-state index contributed by atoms with van der Waals surface area (Å²) in [5, 5.41) is 0. The van der Waals surface area contributed by atoms with Gasteiger partial charge in [-0.15, -0.1) is 11.3 Å². The molecule has 124 valence electrons. The number of hydrogen-bond donors (Lipinski definition) is 1. The molecule has 22 heavy (non-hydrogen) atoms. The summed E-state index contributed by atoms with van der Waals surface area (Å²) in [6, 6.07) is 1.20. The van der Waals surface area contributed by atoms with E-state index < -0.39 is 22.0 Å². The molecule has 1 fully saturated rings. The van der Waals surface area contributed by atoms with Gasteiger partial charge in [-0.1, -0.05) is 23.2 Å². The Balaban J connectivity index is 1.93. The van der Waals surface area contributed by atoms with Crippen molar-refractivity contribution in [3.05, 3.63) is 14.7 Å². The molecule has 1 aromatic rings. The lowest BCUT2D eigenvalue weighted by Crippen LogP contribution is -2.39. The van der Waals surface area contributed by atoms with Crippen LogP contribution in [-0.2, 0) is 24.3 Å². The highest BCUT2D eigenvalue weighted by Crippen LogP contribution is 2.34. The van der Waals surface area contributed by atoms with E-state index in [4.69, 9.17) is 32.7 Å². The SMILES string of the molecule is C[C@@H](OC[C@H]1CCCO1)C(=O)NS(=O)(=O)c1cc(Cl)sc1Cl. The predicted molar refractivity (Wildman–Crippen MR) is 84.1 cm³/mol. The number of ether oxygens (including phenoxy) is 2. The van der Waals surface area contributed by atoms with Gasteiger partial charge in [0, 0.05) is 6.61 Å². The van der Waals surface area contributed by atoms with Gasteiger partial charge in [0.1, 0.15) is 15.3 Å². The molecule has 2 heterocycles. The zero-order valence-corrected chi connectivity index (χ0v) is 14.8. The lowest BCUT2D eigenvalue weighted by atomic mass is 10.2. The van der Waals surface area contributed by atoms with E-state index in [0.717, 1.165) is 24.2 Å². The number of sulfonamides is 1. The largest absolute Gasteiger partial charge is 0.376 e. The van der Waals surface area contributed by atoms with Gasteiger partial charge in [0.15, 0.2) is 0 Å². The summed E-state index contributed by atoms with van der Waals surface area (Å²) in [5.41, 5.74) is 0. The summed E-state index contributed by atoms with van der Waals surface area (Å²) >= 11 is 12.4. The smallest absolute Gasteiger partial charge is 0.266 e. The quantitative estimate of drug-likeness (QED) is 0.810. The number of hydrogen-bond acceptors (Lipinski definition) is 6. The van der Waals surface area contributed by atoms with Gasteiger partial charge in [-0.25, -0.2) is 13.1 Å². The molecular formula is C12H15Cl2NO5S2. The minimum atomic E-state index is -4.07. The average molecular weight is 388 g/mol. The van der Waals surface area contributed by atoms with E-state index in [-0.39, 0.29) is 26.3 Å². The van der Waals surface area contributed by atoms with Crippen LogP contribution < -0.4 is 4.72 Å². The minimum Gasteiger partial charge on any atom is -0.376 e. The van der Waals surface area contributed by atoms with E-state index in [1.54, 1.807) is 0 Å². The van der Waals surface area contributed by atoms with Crippen molar-refractivity contribution in [1.29, 1.82) is 0 Å². The molecule has 0 bridgehead atoms. The summed E-state index contributed by atoms with van der Waals surface area (Å²) in [4.78, 5) is 11.7. The van der Waals surface area contributed by atoms with E-state index in [1.807, 2.05) is 4.72 Å². The van der Waals surface area contributed by atoms with Crippen LogP contribution in [0.3, 0.4) is 0 Å². The first-order valence-corrected chi connectivity index (χ1v) is 9.60. The molecule has 0 aliphatic carbocycles. The fourth-order valence-electron chi connectivity index (χ4n) is 1.88. The Kier molecular flexibility index (Phi) is 6.09. The maximum absolute atomic E-state index is 12.1. The summed E-state index contributed by atoms with van der Waals surface area (Å²) in [6.45, 7) is 2.40. The van der Waals surface area contributed by atoms with Crippen LogP contribution in [0.4, 0.5) is 0 Å². The van der Waals surface area contributed by atoms with Crippen LogP contribution in [0.5, 0.6) is 0 Å². The van der Waals surface area contributed by atoms with Gasteiger partial charge >= 0.3 is 0 Å². The van der Waals surface area contributed by atoms with Gasteiger partial charge in [0.25, 0.3) is 15.9 Å². The van der Waals surface area contributed by atoms with Crippen molar-refractivity contribution in [3.63, 3.8) is 0 Å². The van der Waals surface area contributed by atoms with E-state index in [2.05, 4.69) is 0 Å². The molecule has 1 aromatic heterocycles. The fourth-order valence-corrected chi connectivity index (χ4v) is 5.08. The zero-order chi connectivity index (χ0) is 16.3. The Bertz CT molecular complexity index is 640. The summed E-state index contributed by atoms with van der Waals surface area (Å²) in [6.07, 6.45) is 0.861. The van der Waals surface area contributed by atoms with Gasteiger partial charge in [-0.3, -0.25) is 4.79 Å². The highest BCUT2D eigenvalue weighted by atomic mass is 35.5. The predicted octanol–water partition coefficient (Wildman–Crippen LogP) is 2.44. The van der Waals surface area contributed by atoms with Crippen LogP contribution in [0.25, 0.3) is 0 Å². The standard InChI is InChI=1S/C12H15Cl2NO5S2/c1-7(20-6-8-3-2-4-19-8)12(16)15-22(17,18)9-5-10(13)21-11(9)14/h5,7-8H,2-4,6H2,1H3,(H,15,16)/t7-,8-/m1/s1. The van der Waals surface area contributed by atoms with Crippen LogP contribution in [-0.4, -0.2) is 39.7 Å². The molecule has 0 saturated carbocycles. The molecule has 10 heteroatoms. The average Bonchev–Trinajstić information content (AvgIpc) is 3.05. The molecule has 2 rings (SSSR count). The second kappa shape index (κ2) is 7.46. The molecule has 0 unspecified atom stereocenters. The van der Waals surface area contributed by atoms with Crippen molar-refractivity contribution in [2.75, 3.05) is 13.2 Å². The van der Waals surface area contributed by atoms with Crippen molar-refractivity contribution in [3.8, 4) is 0 Å². The number of nitrogens with one attached hydrogen (secondary N) is 1. The van der Waals surface area contributed by atoms with Crippen LogP contribution in [0.1, 0.15) is 19.8 Å². The second-order valence-corrected chi connectivity index (χ2v) is 8.71. The molecule has 1 N–H and O–H groups in total. The Labute approximate surface area is 142 Å². The number of thiophene rings is 1. The molecule has 0 radical (unpaired) electrons. The van der Waals surface area contributed by atoms with Crippen LogP contribution in [0, 0.1) is 0 Å². The van der Waals surface area contributed by atoms with Crippen LogP contribution in [0.2, 0.25) is 8.67 Å². The lowest BCUT2D eigenvalue weighted by molar-refractivity contribution is -0.131. The molecule has 2 atom stereocenters. The van der Waals surface area contributed by atoms with E-state index in [9.17, 15) is 13.2 Å². The van der Waals surface area contributed by atoms with Crippen molar-refractivity contribution in [1.82, 2.24) is 4.72 Å². The molecule has 0 spiro atoms. The van der Waals surface area contributed by atoms with Crippen molar-refractivity contribution < 1.29 is 22.7 Å². The van der Waals surface area contributed by atoms with Crippen LogP contribution >= 0.6 is 34.5 Å². The van der Waals surface area contributed by atoms with Crippen molar-refractivity contribution in [2.45, 2.75) is 36.9 Å². The first-order chi connectivity index (χ1) is 10.3. The highest BCUT2D eigenvalue weighted by molar-refractivity contribution is 7.90. The minimum absolute atomic E-state index is 0.00164. The Morgan fingerprint density at radius 3 is 2.86 bits per heavy atom. The first kappa shape index (κ1) is 18.0. The topological polar surface area (TPSA) is 81.7 Å². The van der Waals surface area contributed by atoms with Crippen LogP contribution in [0.15, 0.2) is 11.0 Å². The van der Waals surface area contributed by atoms with Gasteiger partial charge in [-0.2, -0.15) is 0 Å². The summed E-state index contributed by atoms with van der Waals surface area (Å²) < 4.78 is 37.1. The van der Waals surface area contributed by atoms with E-state index >= 15 is 0 Å². The monoisotopic (exact) mass is 387 g/mol. The number of amides is 1. The third-order valence-electron chi connectivity index (χ3n) is 3.08. The number of halogens is 2. The summed E-state index contributed by atoms with van der Waals surface area (Å²) in [5.74, 6) is -0.767. The maximum atomic E-state index is 12.1. The van der Waals surface area contributed by atoms with Gasteiger partial charge in [0.05, 0.1) is 17.0 Å². The third-order valence-corrected chi connectivity index (χ3v) is 6.17. The van der Waals surface area contributed by atoms with E-state index in [0.29, 0.717) is 6.61 Å². The van der Waals surface area contributed by atoms with E-state index in [1.165, 1.54) is 13.0 Å². The number of rotatable bonds is 6. The maximum Gasteiger partial charge on any atom is 0.266 e. The number of carbonyl (C=O) groups excluding carboxylic acids is 1. The number of carbonyl (C=O) groups is 1. The highest BCUT2D eigenvalue weighted by Gasteiger charge is 2.27. The van der Waals surface area contributed by atoms with Gasteiger partial charge < -0.3 is 9.47 Å². The molecular weight excluding hydrogens is 373 g/mol. The molecule has 1 aliphatic rings. The molecule has 6 nitrogen and oxygen atoms in total. The Morgan fingerprint density at radius 2 is 2.32 bits per heavy atom. The Morgan fingerprint density at radius 1 is 1.59 bits per heavy atom. The Hall–Kier alpha value is -0.380. The van der Waals surface area contributed by atoms with Crippen molar-refractivity contribution >= 4 is 50.5 Å². The molecule has 0 aromatic carbocycles. The molecule has 1 aliphatic heterocycles. The third kappa shape index (κ3) is 4.56. The van der Waals surface area contributed by atoms with Crippen molar-refractivity contribution in [2.24, 2.45) is 0 Å². The normalized spacial score (nSPS) is 20.0. The first-order valence-electron chi connectivity index (χ1n) is 6.54. The van der Waals surface area contributed by atoms with Gasteiger partial charge in [-0.05, 0) is 25.8 Å². The fraction of sp³-hybridized carbons (Fsp3) is 0.583. The zero-order valence-electron chi connectivity index (χ0n) is 11.7. The van der Waals surface area contributed by atoms with Gasteiger partial charge in [0.2, 0.25) is 0 Å². The molecule has 1 amide bonds.